The minimum atomic E-state index is -4.49. The highest BCUT2D eigenvalue weighted by molar-refractivity contribution is 6.31. The summed E-state index contributed by atoms with van der Waals surface area (Å²) in [5, 5.41) is 3.26. The van der Waals surface area contributed by atoms with Crippen molar-refractivity contribution in [2.24, 2.45) is 5.16 Å². The van der Waals surface area contributed by atoms with Crippen molar-refractivity contribution in [3.05, 3.63) is 34.3 Å². The van der Waals surface area contributed by atoms with E-state index in [2.05, 4.69) is 5.16 Å². The van der Waals surface area contributed by atoms with Gasteiger partial charge in [-0.25, -0.2) is 0 Å². The lowest BCUT2D eigenvalue weighted by atomic mass is 10.1. The first-order chi connectivity index (χ1) is 8.84. The average molecular weight is 296 g/mol. The first-order valence-corrected chi connectivity index (χ1v) is 5.87. The molecule has 0 heterocycles. The first kappa shape index (κ1) is 15.6. The molecule has 7 heteroatoms. The minimum absolute atomic E-state index is 0.0926. The van der Waals surface area contributed by atoms with Crippen molar-refractivity contribution in [2.45, 2.75) is 26.6 Å². The van der Waals surface area contributed by atoms with Crippen molar-refractivity contribution in [2.75, 3.05) is 6.61 Å². The fraction of sp³-hybridized carbons (Fsp3) is 0.417. The molecule has 0 radical (unpaired) electrons. The summed E-state index contributed by atoms with van der Waals surface area (Å²) in [5.41, 5.74) is -0.564. The summed E-state index contributed by atoms with van der Waals surface area (Å²) in [4.78, 5) is 4.89. The van der Waals surface area contributed by atoms with Crippen molar-refractivity contribution in [1.29, 1.82) is 0 Å². The van der Waals surface area contributed by atoms with E-state index in [4.69, 9.17) is 21.2 Å². The summed E-state index contributed by atoms with van der Waals surface area (Å²) < 4.78 is 42.8. The predicted molar refractivity (Wildman–Crippen MR) is 66.0 cm³/mol. The second-order valence-corrected chi connectivity index (χ2v) is 4.04. The number of hydrogen-bond acceptors (Lipinski definition) is 3. The number of ether oxygens (including phenoxy) is 1. The van der Waals surface area contributed by atoms with E-state index in [1.54, 1.807) is 13.8 Å². The number of hydrogen-bond donors (Lipinski definition) is 0. The van der Waals surface area contributed by atoms with Crippen molar-refractivity contribution in [3.63, 3.8) is 0 Å². The topological polar surface area (TPSA) is 30.8 Å². The molecule has 0 unspecified atom stereocenters. The van der Waals surface area contributed by atoms with Crippen LogP contribution in [-0.2, 0) is 22.4 Å². The Morgan fingerprint density at radius 3 is 2.63 bits per heavy atom. The molecule has 1 aromatic carbocycles. The van der Waals surface area contributed by atoms with E-state index in [1.807, 2.05) is 0 Å². The highest BCUT2D eigenvalue weighted by Gasteiger charge is 2.33. The number of benzene rings is 1. The number of nitrogens with zero attached hydrogens (tertiary/aromatic N) is 1. The molecule has 0 aromatic heterocycles. The van der Waals surface area contributed by atoms with Gasteiger partial charge in [0.15, 0.2) is 0 Å². The molecule has 106 valence electrons. The van der Waals surface area contributed by atoms with E-state index >= 15 is 0 Å². The van der Waals surface area contributed by atoms with Gasteiger partial charge in [-0.3, -0.25) is 0 Å². The number of alkyl halides is 3. The molecule has 1 aromatic rings. The zero-order valence-electron chi connectivity index (χ0n) is 10.4. The number of oxime groups is 1. The van der Waals surface area contributed by atoms with Crippen molar-refractivity contribution < 1.29 is 22.7 Å². The molecule has 0 fully saturated rings. The predicted octanol–water partition coefficient (Wildman–Crippen LogP) is 4.25. The third-order valence-electron chi connectivity index (χ3n) is 2.11. The standard InChI is InChI=1S/C12H13ClF3NO2/c1-3-18-8(2)17-19-7-9-4-5-11(13)10(6-9)12(14,15)16/h4-6H,3,7H2,1-2H3/b17-8-. The smallest absolute Gasteiger partial charge is 0.417 e. The van der Waals surface area contributed by atoms with Crippen LogP contribution in [0, 0.1) is 0 Å². The van der Waals surface area contributed by atoms with E-state index in [0.717, 1.165) is 6.07 Å². The normalized spacial score (nSPS) is 12.4. The lowest BCUT2D eigenvalue weighted by Crippen LogP contribution is -2.07. The van der Waals surface area contributed by atoms with E-state index in [0.29, 0.717) is 18.1 Å². The molecule has 0 saturated heterocycles. The Hall–Kier alpha value is -1.43. The summed E-state index contributed by atoms with van der Waals surface area (Å²) in [6, 6.07) is 3.57. The van der Waals surface area contributed by atoms with Crippen LogP contribution in [0.3, 0.4) is 0 Å². The maximum atomic E-state index is 12.6. The Morgan fingerprint density at radius 1 is 1.37 bits per heavy atom. The van der Waals surface area contributed by atoms with Crippen LogP contribution in [0.25, 0.3) is 0 Å². The molecule has 0 spiro atoms. The van der Waals surface area contributed by atoms with Crippen LogP contribution in [0.15, 0.2) is 23.4 Å². The maximum absolute atomic E-state index is 12.6. The van der Waals surface area contributed by atoms with Crippen molar-refractivity contribution in [1.82, 2.24) is 0 Å². The van der Waals surface area contributed by atoms with Gasteiger partial charge >= 0.3 is 6.18 Å². The molecule has 0 amide bonds. The van der Waals surface area contributed by atoms with Gasteiger partial charge in [0.1, 0.15) is 6.61 Å². The third-order valence-corrected chi connectivity index (χ3v) is 2.44. The van der Waals surface area contributed by atoms with Crippen LogP contribution >= 0.6 is 11.6 Å². The average Bonchev–Trinajstić information content (AvgIpc) is 2.30. The van der Waals surface area contributed by atoms with E-state index in [-0.39, 0.29) is 11.6 Å². The Balaban J connectivity index is 2.73. The highest BCUT2D eigenvalue weighted by Crippen LogP contribution is 2.35. The number of rotatable bonds is 4. The van der Waals surface area contributed by atoms with Crippen LogP contribution in [0.1, 0.15) is 25.0 Å². The summed E-state index contributed by atoms with van der Waals surface area (Å²) in [6.45, 7) is 3.73. The Morgan fingerprint density at radius 2 is 2.05 bits per heavy atom. The van der Waals surface area contributed by atoms with Gasteiger partial charge in [-0.15, -0.1) is 0 Å². The van der Waals surface area contributed by atoms with Crippen LogP contribution in [0.5, 0.6) is 0 Å². The van der Waals surface area contributed by atoms with Gasteiger partial charge < -0.3 is 9.57 Å². The summed E-state index contributed by atoms with van der Waals surface area (Å²) in [6.07, 6.45) is -4.49. The molecule has 0 bridgehead atoms. The van der Waals surface area contributed by atoms with E-state index in [1.165, 1.54) is 12.1 Å². The highest BCUT2D eigenvalue weighted by atomic mass is 35.5. The van der Waals surface area contributed by atoms with Gasteiger partial charge in [0, 0.05) is 6.92 Å². The first-order valence-electron chi connectivity index (χ1n) is 5.49. The van der Waals surface area contributed by atoms with Crippen LogP contribution in [0.2, 0.25) is 5.02 Å². The van der Waals surface area contributed by atoms with Crippen LogP contribution < -0.4 is 0 Å². The Kier molecular flexibility index (Phi) is 5.47. The lowest BCUT2D eigenvalue weighted by Gasteiger charge is -2.10. The fourth-order valence-corrected chi connectivity index (χ4v) is 1.54. The second-order valence-electron chi connectivity index (χ2n) is 3.63. The molecule has 0 saturated carbocycles. The molecular weight excluding hydrogens is 283 g/mol. The van der Waals surface area contributed by atoms with E-state index < -0.39 is 11.7 Å². The largest absolute Gasteiger partial charge is 0.479 e. The van der Waals surface area contributed by atoms with Gasteiger partial charge in [-0.05, 0) is 24.6 Å². The quantitative estimate of drug-likeness (QED) is 0.472. The Labute approximate surface area is 113 Å². The molecule has 3 nitrogen and oxygen atoms in total. The summed E-state index contributed by atoms with van der Waals surface area (Å²) in [5.74, 6) is 0.313. The third kappa shape index (κ3) is 4.98. The molecule has 0 atom stereocenters. The SMILES string of the molecule is CCO/C(C)=N\OCc1ccc(Cl)c(C(F)(F)F)c1. The van der Waals surface area contributed by atoms with Crippen LogP contribution in [-0.4, -0.2) is 12.5 Å². The molecule has 0 aliphatic heterocycles. The zero-order chi connectivity index (χ0) is 14.5. The molecular formula is C12H13ClF3NO2. The van der Waals surface area contributed by atoms with E-state index in [9.17, 15) is 13.2 Å². The molecule has 19 heavy (non-hydrogen) atoms. The molecule has 0 aliphatic carbocycles. The lowest BCUT2D eigenvalue weighted by molar-refractivity contribution is -0.137. The summed E-state index contributed by atoms with van der Waals surface area (Å²) >= 11 is 5.50. The molecule has 0 aliphatic rings. The minimum Gasteiger partial charge on any atom is -0.479 e. The number of halogens is 4. The zero-order valence-corrected chi connectivity index (χ0v) is 11.2. The maximum Gasteiger partial charge on any atom is 0.417 e. The van der Waals surface area contributed by atoms with Gasteiger partial charge in [0.05, 0.1) is 17.2 Å². The van der Waals surface area contributed by atoms with Crippen molar-refractivity contribution >= 4 is 17.5 Å². The summed E-state index contributed by atoms with van der Waals surface area (Å²) in [7, 11) is 0. The Bertz CT molecular complexity index is 461. The monoisotopic (exact) mass is 295 g/mol. The molecule has 0 N–H and O–H groups in total. The van der Waals surface area contributed by atoms with Crippen molar-refractivity contribution in [3.8, 4) is 0 Å². The fourth-order valence-electron chi connectivity index (χ4n) is 1.31. The molecule has 1 rings (SSSR count). The van der Waals surface area contributed by atoms with Gasteiger partial charge in [0.2, 0.25) is 5.90 Å². The van der Waals surface area contributed by atoms with Gasteiger partial charge in [-0.2, -0.15) is 13.2 Å². The second kappa shape index (κ2) is 6.65. The van der Waals surface area contributed by atoms with Gasteiger partial charge in [0.25, 0.3) is 0 Å². The van der Waals surface area contributed by atoms with Crippen LogP contribution in [0.4, 0.5) is 13.2 Å². The van der Waals surface area contributed by atoms with Gasteiger partial charge in [-0.1, -0.05) is 22.8 Å².